The van der Waals surface area contributed by atoms with E-state index in [0.29, 0.717) is 12.8 Å². The van der Waals surface area contributed by atoms with Crippen LogP contribution < -0.4 is 0 Å². The molecule has 2 N–H and O–H groups in total. The zero-order valence-electron chi connectivity index (χ0n) is 21.1. The number of aromatic nitrogens is 2. The molecule has 3 unspecified atom stereocenters. The number of thioether (sulfide) groups is 1. The Kier molecular flexibility index (Phi) is 5.37. The molecule has 0 spiro atoms. The number of hydrogen-bond donors (Lipinski definition) is 2. The Morgan fingerprint density at radius 3 is 2.95 bits per heavy atom. The largest absolute Gasteiger partial charge is 0.393 e. The van der Waals surface area contributed by atoms with Gasteiger partial charge in [-0.25, -0.2) is 4.98 Å². The van der Waals surface area contributed by atoms with Crippen molar-refractivity contribution in [2.24, 2.45) is 28.6 Å². The fraction of sp³-hybridized carbons (Fsp3) is 0.552. The summed E-state index contributed by atoms with van der Waals surface area (Å²) in [6.45, 7) is 4.36. The molecule has 4 aliphatic rings. The van der Waals surface area contributed by atoms with E-state index in [1.807, 2.05) is 30.5 Å². The highest BCUT2D eigenvalue weighted by Crippen LogP contribution is 2.67. The number of thiazole rings is 1. The van der Waals surface area contributed by atoms with Crippen LogP contribution in [-0.4, -0.2) is 43.6 Å². The van der Waals surface area contributed by atoms with Gasteiger partial charge < -0.3 is 14.7 Å². The highest BCUT2D eigenvalue weighted by atomic mass is 32.2. The van der Waals surface area contributed by atoms with Crippen LogP contribution in [0.25, 0.3) is 16.3 Å². The second kappa shape index (κ2) is 8.25. The van der Waals surface area contributed by atoms with Gasteiger partial charge in [-0.3, -0.25) is 4.79 Å². The van der Waals surface area contributed by atoms with Gasteiger partial charge in [-0.1, -0.05) is 48.5 Å². The lowest BCUT2D eigenvalue weighted by Gasteiger charge is -2.60. The summed E-state index contributed by atoms with van der Waals surface area (Å²) in [6.07, 6.45) is 7.88. The molecule has 4 aliphatic carbocycles. The van der Waals surface area contributed by atoms with Gasteiger partial charge in [0.25, 0.3) is 0 Å². The van der Waals surface area contributed by atoms with Crippen molar-refractivity contribution < 1.29 is 19.5 Å². The van der Waals surface area contributed by atoms with Gasteiger partial charge in [0.15, 0.2) is 15.9 Å². The second-order valence-corrected chi connectivity index (χ2v) is 14.3. The van der Waals surface area contributed by atoms with Crippen molar-refractivity contribution in [3.05, 3.63) is 47.4 Å². The summed E-state index contributed by atoms with van der Waals surface area (Å²) in [5.41, 5.74) is 1.19. The highest BCUT2D eigenvalue weighted by Gasteiger charge is 2.68. The summed E-state index contributed by atoms with van der Waals surface area (Å²) in [7, 11) is 0. The molecule has 3 fully saturated rings. The lowest BCUT2D eigenvalue weighted by molar-refractivity contribution is -0.177. The Hall–Kier alpha value is -2.00. The van der Waals surface area contributed by atoms with Crippen molar-refractivity contribution in [3.8, 4) is 0 Å². The van der Waals surface area contributed by atoms with E-state index >= 15 is 0 Å². The predicted molar refractivity (Wildman–Crippen MR) is 144 cm³/mol. The Morgan fingerprint density at radius 1 is 1.27 bits per heavy atom. The SMILES string of the molecule is C[C@]12Cc3cnoc3C=C1CCC1C2[C@@H](O)C[C@@]2(C)C1CC[C@]2(O)C(=O)CSc1nc2ccccc2s1. The summed E-state index contributed by atoms with van der Waals surface area (Å²) < 4.78 is 7.41. The van der Waals surface area contributed by atoms with Gasteiger partial charge in [0.2, 0.25) is 0 Å². The minimum atomic E-state index is -1.42. The van der Waals surface area contributed by atoms with Gasteiger partial charge in [0, 0.05) is 11.0 Å². The molecule has 0 radical (unpaired) electrons. The van der Waals surface area contributed by atoms with E-state index in [1.165, 1.54) is 17.3 Å². The van der Waals surface area contributed by atoms with Gasteiger partial charge in [-0.15, -0.1) is 11.3 Å². The van der Waals surface area contributed by atoms with Crippen LogP contribution in [0.3, 0.4) is 0 Å². The molecule has 7 rings (SSSR count). The third-order valence-electron chi connectivity index (χ3n) is 10.4. The lowest BCUT2D eigenvalue weighted by atomic mass is 9.45. The number of carbonyl (C=O) groups is 1. The molecule has 0 aliphatic heterocycles. The number of allylic oxidation sites excluding steroid dienone is 1. The van der Waals surface area contributed by atoms with Gasteiger partial charge >= 0.3 is 0 Å². The second-order valence-electron chi connectivity index (χ2n) is 12.1. The fourth-order valence-corrected chi connectivity index (χ4v) is 10.7. The van der Waals surface area contributed by atoms with E-state index < -0.39 is 17.1 Å². The first-order valence-electron chi connectivity index (χ1n) is 13.3. The summed E-state index contributed by atoms with van der Waals surface area (Å²) in [4.78, 5) is 18.3. The smallest absolute Gasteiger partial charge is 0.175 e. The monoisotopic (exact) mass is 536 g/mol. The van der Waals surface area contributed by atoms with E-state index in [4.69, 9.17) is 4.52 Å². The number of rotatable bonds is 4. The number of aliphatic hydroxyl groups is 2. The van der Waals surface area contributed by atoms with Crippen LogP contribution in [0.4, 0.5) is 0 Å². The number of hydrogen-bond acceptors (Lipinski definition) is 8. The molecular formula is C29H32N2O4S2. The number of nitrogens with zero attached hydrogens (tertiary/aromatic N) is 2. The molecular weight excluding hydrogens is 504 g/mol. The molecule has 1 aromatic carbocycles. The minimum Gasteiger partial charge on any atom is -0.393 e. The Labute approximate surface area is 224 Å². The van der Waals surface area contributed by atoms with Crippen LogP contribution in [-0.2, 0) is 11.2 Å². The summed E-state index contributed by atoms with van der Waals surface area (Å²) >= 11 is 3.01. The van der Waals surface area contributed by atoms with Crippen LogP contribution in [0.5, 0.6) is 0 Å². The third-order valence-corrected chi connectivity index (χ3v) is 12.6. The molecule has 37 heavy (non-hydrogen) atoms. The number of carbonyl (C=O) groups excluding carboxylic acids is 1. The van der Waals surface area contributed by atoms with Crippen molar-refractivity contribution in [2.75, 3.05) is 5.75 Å². The maximum Gasteiger partial charge on any atom is 0.175 e. The van der Waals surface area contributed by atoms with Crippen LogP contribution in [0, 0.1) is 28.6 Å². The van der Waals surface area contributed by atoms with Crippen molar-refractivity contribution in [1.82, 2.24) is 10.1 Å². The Balaban J connectivity index is 1.14. The molecule has 7 atom stereocenters. The standard InChI is InChI=1S/C29H32N2O4S2/c1-27-12-16-14-30-35-22(16)11-17(27)7-8-18-19-9-10-29(34,28(19,2)13-21(32)25(18)27)24(33)15-36-26-31-20-5-3-4-6-23(20)37-26/h3-6,11,14,18-19,21,25,32,34H,7-10,12-13,15H2,1-2H3/t18?,19?,21-,25?,27-,28-,29-/m0/s1. The summed E-state index contributed by atoms with van der Waals surface area (Å²) in [5, 5.41) is 27.7. The van der Waals surface area contributed by atoms with Crippen LogP contribution in [0.2, 0.25) is 0 Å². The Bertz CT molecular complexity index is 1400. The number of ketones is 1. The van der Waals surface area contributed by atoms with Gasteiger partial charge in [0.1, 0.15) is 5.60 Å². The third kappa shape index (κ3) is 3.35. The van der Waals surface area contributed by atoms with E-state index in [-0.39, 0.29) is 34.7 Å². The van der Waals surface area contributed by atoms with Crippen molar-refractivity contribution in [3.63, 3.8) is 0 Å². The Morgan fingerprint density at radius 2 is 2.11 bits per heavy atom. The zero-order valence-corrected chi connectivity index (χ0v) is 22.8. The van der Waals surface area contributed by atoms with E-state index in [9.17, 15) is 15.0 Å². The first kappa shape index (κ1) is 24.1. The molecule has 2 aromatic heterocycles. The van der Waals surface area contributed by atoms with Gasteiger partial charge in [-0.05, 0) is 79.9 Å². The molecule has 3 saturated carbocycles. The molecule has 8 heteroatoms. The predicted octanol–water partition coefficient (Wildman–Crippen LogP) is 5.53. The average molecular weight is 537 g/mol. The average Bonchev–Trinajstić information content (AvgIpc) is 3.56. The first-order chi connectivity index (χ1) is 17.7. The molecule has 2 heterocycles. The van der Waals surface area contributed by atoms with Crippen molar-refractivity contribution in [2.45, 2.75) is 68.4 Å². The van der Waals surface area contributed by atoms with Crippen molar-refractivity contribution in [1.29, 1.82) is 0 Å². The van der Waals surface area contributed by atoms with E-state index in [2.05, 4.69) is 30.1 Å². The molecule has 0 bridgehead atoms. The van der Waals surface area contributed by atoms with Crippen LogP contribution in [0.15, 0.2) is 44.9 Å². The maximum absolute atomic E-state index is 13.7. The molecule has 0 saturated heterocycles. The maximum atomic E-state index is 13.7. The number of aliphatic hydroxyl groups excluding tert-OH is 1. The van der Waals surface area contributed by atoms with E-state index in [0.717, 1.165) is 51.6 Å². The van der Waals surface area contributed by atoms with Crippen LogP contribution in [0.1, 0.15) is 57.3 Å². The number of Topliss-reactive ketones (excluding diaryl/α,β-unsaturated/α-hetero) is 1. The lowest BCUT2D eigenvalue weighted by Crippen LogP contribution is -2.62. The number of fused-ring (bicyclic) bond motifs is 7. The number of benzene rings is 1. The fourth-order valence-electron chi connectivity index (χ4n) is 8.64. The quantitative estimate of drug-likeness (QED) is 0.423. The summed E-state index contributed by atoms with van der Waals surface area (Å²) in [6, 6.07) is 7.98. The topological polar surface area (TPSA) is 96.5 Å². The molecule has 3 aromatic rings. The summed E-state index contributed by atoms with van der Waals surface area (Å²) in [5.74, 6) is 1.52. The first-order valence-corrected chi connectivity index (χ1v) is 15.1. The molecule has 6 nitrogen and oxygen atoms in total. The normalized spacial score (nSPS) is 38.4. The minimum absolute atomic E-state index is 0.100. The van der Waals surface area contributed by atoms with Gasteiger partial charge in [0.05, 0.1) is 28.3 Å². The number of para-hydroxylation sites is 1. The van der Waals surface area contributed by atoms with Gasteiger partial charge in [-0.2, -0.15) is 0 Å². The van der Waals surface area contributed by atoms with Crippen molar-refractivity contribution >= 4 is 45.2 Å². The highest BCUT2D eigenvalue weighted by molar-refractivity contribution is 8.01. The molecule has 0 amide bonds. The van der Waals surface area contributed by atoms with Crippen LogP contribution >= 0.6 is 23.1 Å². The molecule has 194 valence electrons. The zero-order chi connectivity index (χ0) is 25.6. The van der Waals surface area contributed by atoms with E-state index in [1.54, 1.807) is 11.3 Å².